The van der Waals surface area contributed by atoms with Gasteiger partial charge in [0.1, 0.15) is 5.75 Å². The molecular formula is C7H9LiO4S. The Morgan fingerprint density at radius 2 is 1.85 bits per heavy atom. The summed E-state index contributed by atoms with van der Waals surface area (Å²) in [5, 5.41) is 8.93. The maximum absolute atomic E-state index is 10.6. The molecule has 4 nitrogen and oxygen atoms in total. The van der Waals surface area contributed by atoms with Crippen LogP contribution in [-0.4, -0.2) is 36.9 Å². The third-order valence-corrected chi connectivity index (χ3v) is 2.45. The summed E-state index contributed by atoms with van der Waals surface area (Å²) in [5.41, 5.74) is 0.317. The maximum atomic E-state index is 10.6. The van der Waals surface area contributed by atoms with Crippen LogP contribution >= 0.6 is 0 Å². The number of benzene rings is 1. The van der Waals surface area contributed by atoms with Crippen molar-refractivity contribution in [2.45, 2.75) is 11.8 Å². The van der Waals surface area contributed by atoms with E-state index in [-0.39, 0.29) is 29.5 Å². The Morgan fingerprint density at radius 1 is 1.31 bits per heavy atom. The number of phenolic OH excluding ortho intramolecular Hbond substituents is 1. The first-order valence-electron chi connectivity index (χ1n) is 3.18. The van der Waals surface area contributed by atoms with Gasteiger partial charge in [0.2, 0.25) is 0 Å². The topological polar surface area (TPSA) is 74.6 Å². The standard InChI is InChI=1S/C7H8O4S.Li.H/c1-5-4-6(8)2-3-7(5)12(9,10)11;;/h2-4,8H,1H3,(H,9,10,11);;. The van der Waals surface area contributed by atoms with Gasteiger partial charge < -0.3 is 5.11 Å². The summed E-state index contributed by atoms with van der Waals surface area (Å²) in [5.74, 6) is -0.0279. The van der Waals surface area contributed by atoms with E-state index in [9.17, 15) is 8.42 Å². The van der Waals surface area contributed by atoms with Crippen molar-refractivity contribution in [2.24, 2.45) is 0 Å². The Bertz CT molecular complexity index is 399. The van der Waals surface area contributed by atoms with Crippen LogP contribution in [0, 0.1) is 6.92 Å². The Labute approximate surface area is 88.5 Å². The van der Waals surface area contributed by atoms with Gasteiger partial charge in [-0.2, -0.15) is 8.42 Å². The van der Waals surface area contributed by atoms with E-state index >= 15 is 0 Å². The van der Waals surface area contributed by atoms with Gasteiger partial charge in [-0.1, -0.05) is 0 Å². The zero-order valence-corrected chi connectivity index (χ0v) is 7.17. The number of hydrogen-bond donors (Lipinski definition) is 2. The van der Waals surface area contributed by atoms with Crippen molar-refractivity contribution in [1.82, 2.24) is 0 Å². The average Bonchev–Trinajstić information content (AvgIpc) is 1.83. The van der Waals surface area contributed by atoms with Crippen molar-refractivity contribution in [1.29, 1.82) is 0 Å². The van der Waals surface area contributed by atoms with Gasteiger partial charge in [0.15, 0.2) is 0 Å². The third-order valence-electron chi connectivity index (χ3n) is 1.44. The van der Waals surface area contributed by atoms with Gasteiger partial charge in [-0.25, -0.2) is 0 Å². The number of rotatable bonds is 1. The normalized spacial score (nSPS) is 10.6. The van der Waals surface area contributed by atoms with Crippen molar-refractivity contribution in [3.63, 3.8) is 0 Å². The van der Waals surface area contributed by atoms with Gasteiger partial charge >= 0.3 is 18.9 Å². The molecule has 0 heterocycles. The van der Waals surface area contributed by atoms with Gasteiger partial charge in [-0.05, 0) is 30.7 Å². The van der Waals surface area contributed by atoms with Crippen LogP contribution < -0.4 is 0 Å². The second-order valence-electron chi connectivity index (χ2n) is 2.42. The van der Waals surface area contributed by atoms with E-state index in [2.05, 4.69) is 0 Å². The summed E-state index contributed by atoms with van der Waals surface area (Å²) in [6.45, 7) is 1.49. The molecule has 0 aliphatic rings. The Balaban J connectivity index is 0.00000144. The fraction of sp³-hybridized carbons (Fsp3) is 0.143. The molecule has 13 heavy (non-hydrogen) atoms. The molecule has 0 atom stereocenters. The first-order valence-corrected chi connectivity index (χ1v) is 4.62. The van der Waals surface area contributed by atoms with E-state index in [1.54, 1.807) is 0 Å². The zero-order valence-electron chi connectivity index (χ0n) is 6.35. The summed E-state index contributed by atoms with van der Waals surface area (Å²) < 4.78 is 29.9. The van der Waals surface area contributed by atoms with E-state index in [1.807, 2.05) is 0 Å². The van der Waals surface area contributed by atoms with E-state index < -0.39 is 10.1 Å². The van der Waals surface area contributed by atoms with E-state index in [0.29, 0.717) is 5.56 Å². The van der Waals surface area contributed by atoms with E-state index in [4.69, 9.17) is 9.66 Å². The zero-order chi connectivity index (χ0) is 9.35. The molecule has 1 aromatic rings. The summed E-state index contributed by atoms with van der Waals surface area (Å²) in [6.07, 6.45) is 0. The van der Waals surface area contributed by atoms with Gasteiger partial charge in [-0.3, -0.25) is 4.55 Å². The Morgan fingerprint density at radius 3 is 2.23 bits per heavy atom. The van der Waals surface area contributed by atoms with Crippen molar-refractivity contribution < 1.29 is 18.1 Å². The molecular weight excluding hydrogens is 187 g/mol. The first kappa shape index (κ1) is 12.5. The minimum atomic E-state index is -4.16. The molecule has 0 aliphatic heterocycles. The summed E-state index contributed by atoms with van der Waals surface area (Å²) >= 11 is 0. The molecule has 0 aliphatic carbocycles. The number of hydrogen-bond acceptors (Lipinski definition) is 3. The van der Waals surface area contributed by atoms with Crippen LogP contribution in [0.15, 0.2) is 23.1 Å². The summed E-state index contributed by atoms with van der Waals surface area (Å²) in [4.78, 5) is -0.180. The number of phenols is 1. The minimum absolute atomic E-state index is 0. The molecule has 68 valence electrons. The molecule has 0 fully saturated rings. The molecule has 0 amide bonds. The molecule has 0 aromatic heterocycles. The molecule has 1 aromatic carbocycles. The Kier molecular flexibility index (Phi) is 4.01. The summed E-state index contributed by atoms with van der Waals surface area (Å²) in [7, 11) is -4.16. The van der Waals surface area contributed by atoms with Crippen LogP contribution in [0.1, 0.15) is 5.56 Å². The second kappa shape index (κ2) is 4.16. The Hall–Kier alpha value is -0.473. The molecule has 0 saturated heterocycles. The molecule has 0 unspecified atom stereocenters. The average molecular weight is 196 g/mol. The van der Waals surface area contributed by atoms with Crippen LogP contribution in [0.5, 0.6) is 5.75 Å². The van der Waals surface area contributed by atoms with Gasteiger partial charge in [0.05, 0.1) is 4.90 Å². The second-order valence-corrected chi connectivity index (χ2v) is 3.81. The molecule has 6 heteroatoms. The van der Waals surface area contributed by atoms with E-state index in [0.717, 1.165) is 6.07 Å². The fourth-order valence-corrected chi connectivity index (χ4v) is 1.63. The molecule has 0 spiro atoms. The third kappa shape index (κ3) is 3.05. The van der Waals surface area contributed by atoms with Crippen molar-refractivity contribution >= 4 is 29.0 Å². The molecule has 0 saturated carbocycles. The van der Waals surface area contributed by atoms with Crippen molar-refractivity contribution in [3.8, 4) is 5.75 Å². The molecule has 0 bridgehead atoms. The van der Waals surface area contributed by atoms with Crippen LogP contribution in [0.25, 0.3) is 0 Å². The predicted octanol–water partition coefficient (Wildman–Crippen LogP) is 0.299. The molecule has 1 rings (SSSR count). The van der Waals surface area contributed by atoms with Crippen molar-refractivity contribution in [2.75, 3.05) is 0 Å². The van der Waals surface area contributed by atoms with Gasteiger partial charge in [0, 0.05) is 0 Å². The quantitative estimate of drug-likeness (QED) is 0.500. The predicted molar refractivity (Wildman–Crippen MR) is 49.8 cm³/mol. The number of aryl methyl sites for hydroxylation is 1. The SMILES string of the molecule is Cc1cc(O)ccc1S(=O)(=O)O.[LiH]. The molecule has 2 N–H and O–H groups in total. The summed E-state index contributed by atoms with van der Waals surface area (Å²) in [6, 6.07) is 3.62. The number of aromatic hydroxyl groups is 1. The van der Waals surface area contributed by atoms with E-state index in [1.165, 1.54) is 19.1 Å². The van der Waals surface area contributed by atoms with Crippen LogP contribution in [0.2, 0.25) is 0 Å². The van der Waals surface area contributed by atoms with Crippen LogP contribution in [0.4, 0.5) is 0 Å². The van der Waals surface area contributed by atoms with Crippen LogP contribution in [-0.2, 0) is 10.1 Å². The van der Waals surface area contributed by atoms with Crippen LogP contribution in [0.3, 0.4) is 0 Å². The van der Waals surface area contributed by atoms with Gasteiger partial charge in [-0.15, -0.1) is 0 Å². The van der Waals surface area contributed by atoms with Crippen molar-refractivity contribution in [3.05, 3.63) is 23.8 Å². The molecule has 0 radical (unpaired) electrons. The first-order chi connectivity index (χ1) is 5.41. The monoisotopic (exact) mass is 196 g/mol. The fourth-order valence-electron chi connectivity index (χ4n) is 0.923. The van der Waals surface area contributed by atoms with Gasteiger partial charge in [0.25, 0.3) is 10.1 Å².